The number of rotatable bonds is 4. The minimum absolute atomic E-state index is 0.205. The predicted molar refractivity (Wildman–Crippen MR) is 53.1 cm³/mol. The molecule has 0 aromatic carbocycles. The number of carbonyl (C=O) groups is 1. The van der Waals surface area contributed by atoms with Crippen molar-refractivity contribution in [1.29, 1.82) is 0 Å². The highest BCUT2D eigenvalue weighted by atomic mass is 16.1. The van der Waals surface area contributed by atoms with E-state index in [4.69, 9.17) is 0 Å². The minimum atomic E-state index is -0.259. The maximum absolute atomic E-state index is 11.6. The zero-order chi connectivity index (χ0) is 9.78. The zero-order valence-electron chi connectivity index (χ0n) is 8.74. The lowest BCUT2D eigenvalue weighted by molar-refractivity contribution is -0.122. The quantitative estimate of drug-likeness (QED) is 0.588. The summed E-state index contributed by atoms with van der Waals surface area (Å²) < 4.78 is 0. The smallest absolute Gasteiger partial charge is 0.163 e. The Morgan fingerprint density at radius 2 is 1.83 bits per heavy atom. The molecule has 0 unspecified atom stereocenters. The van der Waals surface area contributed by atoms with Crippen LogP contribution in [0.3, 0.4) is 0 Å². The summed E-state index contributed by atoms with van der Waals surface area (Å²) in [7, 11) is 0. The van der Waals surface area contributed by atoms with Crippen molar-refractivity contribution in [2.75, 3.05) is 0 Å². The van der Waals surface area contributed by atoms with E-state index >= 15 is 0 Å². The molecule has 0 aliphatic carbocycles. The molecular formula is C11H20O. The van der Waals surface area contributed by atoms with E-state index in [0.717, 1.165) is 24.8 Å². The van der Waals surface area contributed by atoms with Crippen LogP contribution in [0.2, 0.25) is 0 Å². The van der Waals surface area contributed by atoms with Crippen molar-refractivity contribution in [3.63, 3.8) is 0 Å². The molecule has 0 radical (unpaired) electrons. The first-order valence-corrected chi connectivity index (χ1v) is 4.62. The van der Waals surface area contributed by atoms with E-state index in [0.29, 0.717) is 0 Å². The van der Waals surface area contributed by atoms with Gasteiger partial charge in [-0.25, -0.2) is 0 Å². The maximum atomic E-state index is 11.6. The second-order valence-corrected chi connectivity index (χ2v) is 4.29. The molecule has 0 spiro atoms. The topological polar surface area (TPSA) is 17.1 Å². The third kappa shape index (κ3) is 3.70. The van der Waals surface area contributed by atoms with Gasteiger partial charge in [-0.1, -0.05) is 40.7 Å². The molecule has 0 fully saturated rings. The molecule has 0 atom stereocenters. The van der Waals surface area contributed by atoms with E-state index in [9.17, 15) is 4.79 Å². The average molecular weight is 168 g/mol. The van der Waals surface area contributed by atoms with Crippen molar-refractivity contribution in [2.45, 2.75) is 47.0 Å². The normalized spacial score (nSPS) is 11.3. The van der Waals surface area contributed by atoms with Crippen molar-refractivity contribution < 1.29 is 4.79 Å². The van der Waals surface area contributed by atoms with Crippen LogP contribution < -0.4 is 0 Å². The first-order valence-electron chi connectivity index (χ1n) is 4.62. The first-order chi connectivity index (χ1) is 5.39. The van der Waals surface area contributed by atoms with Gasteiger partial charge < -0.3 is 0 Å². The van der Waals surface area contributed by atoms with Crippen LogP contribution in [0.1, 0.15) is 47.0 Å². The van der Waals surface area contributed by atoms with Gasteiger partial charge in [0.05, 0.1) is 0 Å². The molecular weight excluding hydrogens is 148 g/mol. The summed E-state index contributed by atoms with van der Waals surface area (Å²) in [5, 5.41) is 0. The Morgan fingerprint density at radius 3 is 2.17 bits per heavy atom. The fourth-order valence-electron chi connectivity index (χ4n) is 1.03. The van der Waals surface area contributed by atoms with Gasteiger partial charge in [-0.05, 0) is 18.4 Å². The summed E-state index contributed by atoms with van der Waals surface area (Å²) in [6.07, 6.45) is 3.05. The first kappa shape index (κ1) is 11.4. The molecule has 70 valence electrons. The number of hydrogen-bond donors (Lipinski definition) is 0. The van der Waals surface area contributed by atoms with Gasteiger partial charge in [0.25, 0.3) is 0 Å². The highest BCUT2D eigenvalue weighted by Gasteiger charge is 2.22. The van der Waals surface area contributed by atoms with E-state index in [1.807, 2.05) is 20.8 Å². The van der Waals surface area contributed by atoms with Crippen molar-refractivity contribution in [3.05, 3.63) is 12.2 Å². The summed E-state index contributed by atoms with van der Waals surface area (Å²) in [6, 6.07) is 0. The van der Waals surface area contributed by atoms with Gasteiger partial charge in [-0.15, -0.1) is 0 Å². The fraction of sp³-hybridized carbons (Fsp3) is 0.727. The van der Waals surface area contributed by atoms with Gasteiger partial charge in [-0.2, -0.15) is 0 Å². The van der Waals surface area contributed by atoms with Gasteiger partial charge in [0.1, 0.15) is 0 Å². The number of unbranched alkanes of at least 4 members (excludes halogenated alkanes) is 1. The molecule has 0 rings (SSSR count). The van der Waals surface area contributed by atoms with Gasteiger partial charge in [0, 0.05) is 5.41 Å². The van der Waals surface area contributed by atoms with E-state index < -0.39 is 0 Å². The standard InChI is InChI=1S/C11H20O/c1-6-7-8-9(2)10(12)11(3,4)5/h2,6-8H2,1,3-5H3. The van der Waals surface area contributed by atoms with Crippen molar-refractivity contribution in [2.24, 2.45) is 5.41 Å². The lowest BCUT2D eigenvalue weighted by atomic mass is 9.85. The van der Waals surface area contributed by atoms with Crippen LogP contribution in [0.4, 0.5) is 0 Å². The Kier molecular flexibility index (Phi) is 4.22. The summed E-state index contributed by atoms with van der Waals surface area (Å²) in [4.78, 5) is 11.6. The van der Waals surface area contributed by atoms with E-state index in [-0.39, 0.29) is 11.2 Å². The van der Waals surface area contributed by atoms with Crippen LogP contribution in [-0.4, -0.2) is 5.78 Å². The molecule has 0 amide bonds. The van der Waals surface area contributed by atoms with Crippen LogP contribution in [0.5, 0.6) is 0 Å². The van der Waals surface area contributed by atoms with E-state index in [1.54, 1.807) is 0 Å². The molecule has 0 saturated carbocycles. The molecule has 0 aliphatic rings. The molecule has 1 heteroatoms. The third-order valence-corrected chi connectivity index (χ3v) is 1.83. The summed E-state index contributed by atoms with van der Waals surface area (Å²) in [5.41, 5.74) is 0.523. The van der Waals surface area contributed by atoms with Crippen LogP contribution >= 0.6 is 0 Å². The Morgan fingerprint density at radius 1 is 1.33 bits per heavy atom. The van der Waals surface area contributed by atoms with Crippen LogP contribution in [0, 0.1) is 5.41 Å². The van der Waals surface area contributed by atoms with E-state index in [1.165, 1.54) is 0 Å². The Balaban J connectivity index is 4.04. The fourth-order valence-corrected chi connectivity index (χ4v) is 1.03. The largest absolute Gasteiger partial charge is 0.294 e. The number of ketones is 1. The lowest BCUT2D eigenvalue weighted by Crippen LogP contribution is -2.21. The molecule has 0 N–H and O–H groups in total. The molecule has 0 heterocycles. The highest BCUT2D eigenvalue weighted by molar-refractivity contribution is 5.98. The van der Waals surface area contributed by atoms with Gasteiger partial charge in [0.15, 0.2) is 5.78 Å². The monoisotopic (exact) mass is 168 g/mol. The predicted octanol–water partition coefficient (Wildman–Crippen LogP) is 3.35. The Labute approximate surface area is 75.9 Å². The number of hydrogen-bond acceptors (Lipinski definition) is 1. The number of allylic oxidation sites excluding steroid dienone is 1. The van der Waals surface area contributed by atoms with Gasteiger partial charge in [0.2, 0.25) is 0 Å². The molecule has 0 aromatic rings. The molecule has 0 saturated heterocycles. The zero-order valence-corrected chi connectivity index (χ0v) is 8.74. The van der Waals surface area contributed by atoms with Crippen LogP contribution in [0.25, 0.3) is 0 Å². The van der Waals surface area contributed by atoms with Gasteiger partial charge in [-0.3, -0.25) is 4.79 Å². The molecule has 0 bridgehead atoms. The second-order valence-electron chi connectivity index (χ2n) is 4.29. The Bertz CT molecular complexity index is 172. The SMILES string of the molecule is C=C(CCCC)C(=O)C(C)(C)C. The minimum Gasteiger partial charge on any atom is -0.294 e. The third-order valence-electron chi connectivity index (χ3n) is 1.83. The van der Waals surface area contributed by atoms with Crippen LogP contribution in [0.15, 0.2) is 12.2 Å². The van der Waals surface area contributed by atoms with Crippen molar-refractivity contribution in [1.82, 2.24) is 0 Å². The number of carbonyl (C=O) groups excluding carboxylic acids is 1. The van der Waals surface area contributed by atoms with Crippen LogP contribution in [-0.2, 0) is 4.79 Å². The molecule has 0 aromatic heterocycles. The average Bonchev–Trinajstić information content (AvgIpc) is 1.97. The lowest BCUT2D eigenvalue weighted by Gasteiger charge is -2.17. The molecule has 0 aliphatic heterocycles. The molecule has 12 heavy (non-hydrogen) atoms. The molecule has 1 nitrogen and oxygen atoms in total. The highest BCUT2D eigenvalue weighted by Crippen LogP contribution is 2.21. The van der Waals surface area contributed by atoms with E-state index in [2.05, 4.69) is 13.5 Å². The van der Waals surface area contributed by atoms with Crippen molar-refractivity contribution in [3.8, 4) is 0 Å². The summed E-state index contributed by atoms with van der Waals surface area (Å²) in [6.45, 7) is 11.7. The summed E-state index contributed by atoms with van der Waals surface area (Å²) in [5.74, 6) is 0.205. The maximum Gasteiger partial charge on any atom is 0.163 e. The number of Topliss-reactive ketones (excluding diaryl/α,β-unsaturated/α-hetero) is 1. The second kappa shape index (κ2) is 4.44. The van der Waals surface area contributed by atoms with Crippen molar-refractivity contribution >= 4 is 5.78 Å². The Hall–Kier alpha value is -0.590. The van der Waals surface area contributed by atoms with Gasteiger partial charge >= 0.3 is 0 Å². The summed E-state index contributed by atoms with van der Waals surface area (Å²) >= 11 is 0.